The van der Waals surface area contributed by atoms with Crippen molar-refractivity contribution in [3.63, 3.8) is 0 Å². The molecular formula is C17H23N5O3. The third kappa shape index (κ3) is 3.58. The average Bonchev–Trinajstić information content (AvgIpc) is 3.20. The molecule has 1 aliphatic heterocycles. The first-order valence-electron chi connectivity index (χ1n) is 8.15. The van der Waals surface area contributed by atoms with Gasteiger partial charge in [-0.3, -0.25) is 9.48 Å². The highest BCUT2D eigenvalue weighted by atomic mass is 16.5. The van der Waals surface area contributed by atoms with Gasteiger partial charge in [-0.05, 0) is 31.0 Å². The third-order valence-corrected chi connectivity index (χ3v) is 4.44. The van der Waals surface area contributed by atoms with Gasteiger partial charge >= 0.3 is 0 Å². The van der Waals surface area contributed by atoms with Crippen molar-refractivity contribution in [2.45, 2.75) is 32.0 Å². The van der Waals surface area contributed by atoms with Crippen LogP contribution in [-0.2, 0) is 11.3 Å². The number of anilines is 1. The van der Waals surface area contributed by atoms with Gasteiger partial charge in [-0.1, -0.05) is 0 Å². The first-order chi connectivity index (χ1) is 12.0. The summed E-state index contributed by atoms with van der Waals surface area (Å²) in [4.78, 5) is 19.2. The Morgan fingerprint density at radius 2 is 2.24 bits per heavy atom. The second-order valence-electron chi connectivity index (χ2n) is 6.23. The van der Waals surface area contributed by atoms with Gasteiger partial charge in [-0.15, -0.1) is 0 Å². The minimum atomic E-state index is -0.165. The summed E-state index contributed by atoms with van der Waals surface area (Å²) < 4.78 is 12.6. The molecule has 8 nitrogen and oxygen atoms in total. The van der Waals surface area contributed by atoms with Crippen LogP contribution in [0.25, 0.3) is 0 Å². The van der Waals surface area contributed by atoms with E-state index in [-0.39, 0.29) is 18.1 Å². The molecule has 3 rings (SSSR count). The largest absolute Gasteiger partial charge is 0.494 e. The van der Waals surface area contributed by atoms with Gasteiger partial charge in [0, 0.05) is 26.0 Å². The number of ether oxygens (including phenoxy) is 2. The molecule has 25 heavy (non-hydrogen) atoms. The Balaban J connectivity index is 1.85. The molecule has 1 fully saturated rings. The number of carbonyl (C=O) groups is 1. The Morgan fingerprint density at radius 1 is 1.44 bits per heavy atom. The number of nitrogens with two attached hydrogens (primary N) is 1. The summed E-state index contributed by atoms with van der Waals surface area (Å²) in [7, 11) is 3.20. The SMILES string of the molecule is COc1cc(C)cnc1C(=O)N1C[C@@H](OC)C[C@H]1Cn1ccc(N)n1. The molecule has 0 unspecified atom stereocenters. The van der Waals surface area contributed by atoms with Crippen LogP contribution in [0.1, 0.15) is 22.5 Å². The number of pyridine rings is 1. The Kier molecular flexibility index (Phi) is 4.89. The van der Waals surface area contributed by atoms with Crippen LogP contribution in [0, 0.1) is 6.92 Å². The molecule has 0 aromatic carbocycles. The standard InChI is InChI=1S/C17H23N5O3/c1-11-6-14(25-3)16(19-8-11)17(23)22-10-13(24-2)7-12(22)9-21-5-4-15(18)20-21/h4-6,8,12-13H,7,9-10H2,1-3H3,(H2,18,20)/t12-,13-/m0/s1. The quantitative estimate of drug-likeness (QED) is 0.872. The van der Waals surface area contributed by atoms with E-state index in [9.17, 15) is 4.79 Å². The number of likely N-dealkylation sites (tertiary alicyclic amines) is 1. The fourth-order valence-electron chi connectivity index (χ4n) is 3.16. The molecule has 2 atom stereocenters. The lowest BCUT2D eigenvalue weighted by atomic mass is 10.2. The van der Waals surface area contributed by atoms with Crippen LogP contribution in [0.2, 0.25) is 0 Å². The number of nitrogen functional groups attached to an aromatic ring is 1. The van der Waals surface area contributed by atoms with Crippen molar-refractivity contribution in [1.82, 2.24) is 19.7 Å². The van der Waals surface area contributed by atoms with Gasteiger partial charge in [0.15, 0.2) is 5.69 Å². The molecule has 2 aromatic rings. The number of hydrogen-bond acceptors (Lipinski definition) is 6. The summed E-state index contributed by atoms with van der Waals surface area (Å²) in [6, 6.07) is 3.50. The lowest BCUT2D eigenvalue weighted by Crippen LogP contribution is -2.39. The predicted molar refractivity (Wildman–Crippen MR) is 92.4 cm³/mol. The highest BCUT2D eigenvalue weighted by Gasteiger charge is 2.37. The maximum Gasteiger partial charge on any atom is 0.276 e. The monoisotopic (exact) mass is 345 g/mol. The van der Waals surface area contributed by atoms with E-state index < -0.39 is 0 Å². The van der Waals surface area contributed by atoms with E-state index >= 15 is 0 Å². The maximum atomic E-state index is 13.1. The van der Waals surface area contributed by atoms with Crippen LogP contribution >= 0.6 is 0 Å². The van der Waals surface area contributed by atoms with Crippen molar-refractivity contribution >= 4 is 11.7 Å². The zero-order valence-electron chi connectivity index (χ0n) is 14.7. The number of amides is 1. The summed E-state index contributed by atoms with van der Waals surface area (Å²) in [6.45, 7) is 2.97. The molecule has 0 spiro atoms. The van der Waals surface area contributed by atoms with Crippen molar-refractivity contribution in [3.8, 4) is 5.75 Å². The van der Waals surface area contributed by atoms with Gasteiger partial charge in [0.25, 0.3) is 5.91 Å². The molecule has 2 N–H and O–H groups in total. The molecule has 134 valence electrons. The van der Waals surface area contributed by atoms with Crippen molar-refractivity contribution in [3.05, 3.63) is 35.8 Å². The first kappa shape index (κ1) is 17.2. The molecule has 8 heteroatoms. The van der Waals surface area contributed by atoms with Gasteiger partial charge in [-0.25, -0.2) is 4.98 Å². The topological polar surface area (TPSA) is 95.5 Å². The lowest BCUT2D eigenvalue weighted by Gasteiger charge is -2.24. The molecule has 1 saturated heterocycles. The molecule has 0 saturated carbocycles. The summed E-state index contributed by atoms with van der Waals surface area (Å²) in [6.07, 6.45) is 4.19. The zero-order chi connectivity index (χ0) is 18.0. The Hall–Kier alpha value is -2.61. The van der Waals surface area contributed by atoms with Gasteiger partial charge in [0.05, 0.1) is 25.8 Å². The van der Waals surface area contributed by atoms with Crippen LogP contribution < -0.4 is 10.5 Å². The van der Waals surface area contributed by atoms with Gasteiger partial charge in [-0.2, -0.15) is 5.10 Å². The van der Waals surface area contributed by atoms with Crippen molar-refractivity contribution in [2.24, 2.45) is 0 Å². The Labute approximate surface area is 146 Å². The first-order valence-corrected chi connectivity index (χ1v) is 8.15. The van der Waals surface area contributed by atoms with E-state index in [1.807, 2.05) is 19.2 Å². The number of rotatable bonds is 5. The number of aromatic nitrogens is 3. The number of aryl methyl sites for hydroxylation is 1. The number of methoxy groups -OCH3 is 2. The van der Waals surface area contributed by atoms with Crippen LogP contribution in [0.4, 0.5) is 5.82 Å². The molecule has 0 aliphatic carbocycles. The van der Waals surface area contributed by atoms with Crippen molar-refractivity contribution < 1.29 is 14.3 Å². The average molecular weight is 345 g/mol. The predicted octanol–water partition coefficient (Wildman–Crippen LogP) is 1.11. The third-order valence-electron chi connectivity index (χ3n) is 4.44. The molecule has 1 aliphatic rings. The highest BCUT2D eigenvalue weighted by Crippen LogP contribution is 2.26. The fraction of sp³-hybridized carbons (Fsp3) is 0.471. The van der Waals surface area contributed by atoms with Crippen LogP contribution in [0.5, 0.6) is 5.75 Å². The highest BCUT2D eigenvalue weighted by molar-refractivity contribution is 5.95. The van der Waals surface area contributed by atoms with Gasteiger partial charge < -0.3 is 20.1 Å². The van der Waals surface area contributed by atoms with E-state index in [1.165, 1.54) is 0 Å². The minimum absolute atomic E-state index is 0.0155. The van der Waals surface area contributed by atoms with E-state index in [4.69, 9.17) is 15.2 Å². The summed E-state index contributed by atoms with van der Waals surface area (Å²) in [5.74, 6) is 0.774. The van der Waals surface area contributed by atoms with Crippen molar-refractivity contribution in [1.29, 1.82) is 0 Å². The van der Waals surface area contributed by atoms with Crippen LogP contribution in [0.3, 0.4) is 0 Å². The second kappa shape index (κ2) is 7.10. The van der Waals surface area contributed by atoms with E-state index in [0.717, 1.165) is 12.0 Å². The van der Waals surface area contributed by atoms with E-state index in [0.29, 0.717) is 30.4 Å². The van der Waals surface area contributed by atoms with Crippen LogP contribution in [0.15, 0.2) is 24.5 Å². The zero-order valence-corrected chi connectivity index (χ0v) is 14.7. The fourth-order valence-corrected chi connectivity index (χ4v) is 3.16. The van der Waals surface area contributed by atoms with Crippen LogP contribution in [-0.4, -0.2) is 58.5 Å². The molecule has 2 aromatic heterocycles. The number of carbonyl (C=O) groups excluding carboxylic acids is 1. The number of hydrogen-bond donors (Lipinski definition) is 1. The molecule has 1 amide bonds. The normalized spacial score (nSPS) is 20.0. The Bertz CT molecular complexity index is 760. The molecule has 0 radical (unpaired) electrons. The maximum absolute atomic E-state index is 13.1. The molecular weight excluding hydrogens is 322 g/mol. The van der Waals surface area contributed by atoms with Crippen molar-refractivity contribution in [2.75, 3.05) is 26.5 Å². The minimum Gasteiger partial charge on any atom is -0.494 e. The smallest absolute Gasteiger partial charge is 0.276 e. The number of nitrogens with zero attached hydrogens (tertiary/aromatic N) is 4. The molecule has 3 heterocycles. The second-order valence-corrected chi connectivity index (χ2v) is 6.23. The summed E-state index contributed by atoms with van der Waals surface area (Å²) >= 11 is 0. The van der Waals surface area contributed by atoms with Gasteiger partial charge in [0.2, 0.25) is 0 Å². The lowest BCUT2D eigenvalue weighted by molar-refractivity contribution is 0.0669. The van der Waals surface area contributed by atoms with Gasteiger partial charge in [0.1, 0.15) is 11.6 Å². The molecule has 0 bridgehead atoms. The van der Waals surface area contributed by atoms with E-state index in [1.54, 1.807) is 36.1 Å². The van der Waals surface area contributed by atoms with E-state index in [2.05, 4.69) is 10.1 Å². The summed E-state index contributed by atoms with van der Waals surface area (Å²) in [5, 5.41) is 4.21. The summed E-state index contributed by atoms with van der Waals surface area (Å²) in [5.41, 5.74) is 6.93. The Morgan fingerprint density at radius 3 is 2.88 bits per heavy atom.